The summed E-state index contributed by atoms with van der Waals surface area (Å²) in [6.07, 6.45) is 6.66. The van der Waals surface area contributed by atoms with Crippen molar-refractivity contribution in [3.63, 3.8) is 0 Å². The second kappa shape index (κ2) is 8.88. The lowest BCUT2D eigenvalue weighted by atomic mass is 10.1. The molecular weight excluding hydrogens is 208 g/mol. The molecule has 5 heteroatoms. The van der Waals surface area contributed by atoms with Crippen LogP contribution in [0.4, 0.5) is 0 Å². The number of carbonyl (C=O) groups excluding carboxylic acids is 3. The first kappa shape index (κ1) is 14.6. The number of amides is 3. The molecule has 0 aliphatic heterocycles. The number of unbranched alkanes of at least 4 members (excludes halogenated alkanes) is 5. The molecule has 3 amide bonds. The predicted molar refractivity (Wildman–Crippen MR) is 60.3 cm³/mol. The monoisotopic (exact) mass is 228 g/mol. The molecule has 0 fully saturated rings. The van der Waals surface area contributed by atoms with Crippen molar-refractivity contribution in [2.24, 2.45) is 5.73 Å². The lowest BCUT2D eigenvalue weighted by Crippen LogP contribution is -2.39. The molecule has 3 N–H and O–H groups in total. The third-order valence-electron chi connectivity index (χ3n) is 2.23. The van der Waals surface area contributed by atoms with Gasteiger partial charge < -0.3 is 5.73 Å². The van der Waals surface area contributed by atoms with E-state index in [1.54, 1.807) is 0 Å². The van der Waals surface area contributed by atoms with E-state index in [2.05, 4.69) is 6.92 Å². The largest absolute Gasteiger partial charge is 0.361 e. The van der Waals surface area contributed by atoms with Crippen molar-refractivity contribution in [2.45, 2.75) is 51.9 Å². The summed E-state index contributed by atoms with van der Waals surface area (Å²) in [6, 6.07) is 0. The molecule has 16 heavy (non-hydrogen) atoms. The van der Waals surface area contributed by atoms with Gasteiger partial charge in [0.15, 0.2) is 0 Å². The summed E-state index contributed by atoms with van der Waals surface area (Å²) in [7, 11) is 0. The summed E-state index contributed by atoms with van der Waals surface area (Å²) in [5.74, 6) is -2.59. The van der Waals surface area contributed by atoms with Crippen LogP contribution in [0, 0.1) is 0 Å². The van der Waals surface area contributed by atoms with E-state index >= 15 is 0 Å². The maximum atomic E-state index is 11.1. The van der Waals surface area contributed by atoms with E-state index in [1.807, 2.05) is 5.32 Å². The van der Waals surface area contributed by atoms with Crippen molar-refractivity contribution in [3.05, 3.63) is 0 Å². The lowest BCUT2D eigenvalue weighted by molar-refractivity contribution is -0.140. The minimum Gasteiger partial charge on any atom is -0.361 e. The number of primary amides is 1. The third-order valence-corrected chi connectivity index (χ3v) is 2.23. The fraction of sp³-hybridized carbons (Fsp3) is 0.727. The van der Waals surface area contributed by atoms with Crippen molar-refractivity contribution in [1.29, 1.82) is 0 Å². The van der Waals surface area contributed by atoms with E-state index in [9.17, 15) is 14.4 Å². The van der Waals surface area contributed by atoms with Crippen molar-refractivity contribution >= 4 is 17.7 Å². The molecule has 0 saturated carbocycles. The smallest absolute Gasteiger partial charge is 0.315 e. The predicted octanol–water partition coefficient (Wildman–Crippen LogP) is 0.865. The first-order valence-electron chi connectivity index (χ1n) is 5.71. The van der Waals surface area contributed by atoms with E-state index < -0.39 is 17.7 Å². The van der Waals surface area contributed by atoms with Gasteiger partial charge in [0.25, 0.3) is 0 Å². The van der Waals surface area contributed by atoms with Crippen molar-refractivity contribution < 1.29 is 14.4 Å². The zero-order valence-corrected chi connectivity index (χ0v) is 9.75. The third kappa shape index (κ3) is 7.96. The molecule has 0 aromatic carbocycles. The maximum Gasteiger partial charge on any atom is 0.315 e. The fourth-order valence-electron chi connectivity index (χ4n) is 1.32. The van der Waals surface area contributed by atoms with Gasteiger partial charge in [0.05, 0.1) is 0 Å². The number of hydrogen-bond donors (Lipinski definition) is 2. The fourth-order valence-corrected chi connectivity index (χ4v) is 1.32. The second-order valence-electron chi connectivity index (χ2n) is 3.76. The minimum atomic E-state index is -1.13. The standard InChI is InChI=1S/C11H20N2O3/c1-2-3-4-5-6-7-8-9(14)13-11(16)10(12)15/h2-8H2,1H3,(H2,12,15)(H,13,14,16). The summed E-state index contributed by atoms with van der Waals surface area (Å²) < 4.78 is 0. The topological polar surface area (TPSA) is 89.3 Å². The van der Waals surface area contributed by atoms with Crippen LogP contribution in [-0.2, 0) is 14.4 Å². The Morgan fingerprint density at radius 2 is 1.56 bits per heavy atom. The summed E-state index contributed by atoms with van der Waals surface area (Å²) in [6.45, 7) is 2.14. The molecule has 0 radical (unpaired) electrons. The summed E-state index contributed by atoms with van der Waals surface area (Å²) in [5, 5.41) is 1.93. The highest BCUT2D eigenvalue weighted by atomic mass is 16.2. The van der Waals surface area contributed by atoms with Gasteiger partial charge in [0, 0.05) is 6.42 Å². The molecule has 92 valence electrons. The Morgan fingerprint density at radius 3 is 2.12 bits per heavy atom. The average molecular weight is 228 g/mol. The number of nitrogens with two attached hydrogens (primary N) is 1. The summed E-state index contributed by atoms with van der Waals surface area (Å²) >= 11 is 0. The van der Waals surface area contributed by atoms with Crippen LogP contribution in [0.5, 0.6) is 0 Å². The highest BCUT2D eigenvalue weighted by Crippen LogP contribution is 2.06. The SMILES string of the molecule is CCCCCCCCC(=O)NC(=O)C(N)=O. The Bertz CT molecular complexity index is 252. The minimum absolute atomic E-state index is 0.269. The average Bonchev–Trinajstić information content (AvgIpc) is 2.23. The van der Waals surface area contributed by atoms with Gasteiger partial charge in [-0.2, -0.15) is 0 Å². The van der Waals surface area contributed by atoms with Gasteiger partial charge in [-0.15, -0.1) is 0 Å². The summed E-state index contributed by atoms with van der Waals surface area (Å²) in [4.78, 5) is 32.2. The van der Waals surface area contributed by atoms with Crippen molar-refractivity contribution in [1.82, 2.24) is 5.32 Å². The second-order valence-corrected chi connectivity index (χ2v) is 3.76. The molecule has 0 aromatic rings. The number of carbonyl (C=O) groups is 3. The maximum absolute atomic E-state index is 11.1. The molecule has 0 saturated heterocycles. The number of nitrogens with one attached hydrogen (secondary N) is 1. The van der Waals surface area contributed by atoms with Gasteiger partial charge >= 0.3 is 11.8 Å². The van der Waals surface area contributed by atoms with Gasteiger partial charge in [-0.05, 0) is 6.42 Å². The molecule has 0 heterocycles. The van der Waals surface area contributed by atoms with Crippen molar-refractivity contribution in [2.75, 3.05) is 0 Å². The Kier molecular flexibility index (Phi) is 8.11. The van der Waals surface area contributed by atoms with E-state index in [0.717, 1.165) is 19.3 Å². The van der Waals surface area contributed by atoms with Crippen LogP contribution in [-0.4, -0.2) is 17.7 Å². The van der Waals surface area contributed by atoms with Crippen LogP contribution in [0.15, 0.2) is 0 Å². The number of hydrogen-bond acceptors (Lipinski definition) is 3. The molecule has 0 rings (SSSR count). The zero-order chi connectivity index (χ0) is 12.4. The molecule has 5 nitrogen and oxygen atoms in total. The molecule has 0 spiro atoms. The normalized spacial score (nSPS) is 9.81. The van der Waals surface area contributed by atoms with Crippen LogP contribution in [0.25, 0.3) is 0 Å². The Labute approximate surface area is 95.8 Å². The van der Waals surface area contributed by atoms with Crippen LogP contribution in [0.1, 0.15) is 51.9 Å². The van der Waals surface area contributed by atoms with Gasteiger partial charge in [0.2, 0.25) is 5.91 Å². The Morgan fingerprint density at radius 1 is 1.00 bits per heavy atom. The van der Waals surface area contributed by atoms with Crippen LogP contribution >= 0.6 is 0 Å². The van der Waals surface area contributed by atoms with Gasteiger partial charge in [-0.3, -0.25) is 19.7 Å². The van der Waals surface area contributed by atoms with E-state index in [4.69, 9.17) is 5.73 Å². The molecule has 0 aliphatic carbocycles. The van der Waals surface area contributed by atoms with E-state index in [0.29, 0.717) is 0 Å². The Hall–Kier alpha value is -1.39. The number of imide groups is 1. The molecular formula is C11H20N2O3. The molecule has 0 unspecified atom stereocenters. The molecule has 0 atom stereocenters. The highest BCUT2D eigenvalue weighted by Gasteiger charge is 2.11. The van der Waals surface area contributed by atoms with Crippen LogP contribution in [0.2, 0.25) is 0 Å². The number of rotatable bonds is 7. The van der Waals surface area contributed by atoms with Crippen LogP contribution in [0.3, 0.4) is 0 Å². The molecule has 0 bridgehead atoms. The van der Waals surface area contributed by atoms with Gasteiger partial charge in [-0.1, -0.05) is 39.0 Å². The quantitative estimate of drug-likeness (QED) is 0.500. The Balaban J connectivity index is 3.44. The van der Waals surface area contributed by atoms with Gasteiger partial charge in [-0.25, -0.2) is 0 Å². The van der Waals surface area contributed by atoms with Crippen LogP contribution < -0.4 is 11.1 Å². The van der Waals surface area contributed by atoms with E-state index in [1.165, 1.54) is 19.3 Å². The lowest BCUT2D eigenvalue weighted by Gasteiger charge is -2.01. The highest BCUT2D eigenvalue weighted by molar-refractivity contribution is 6.37. The van der Waals surface area contributed by atoms with E-state index in [-0.39, 0.29) is 6.42 Å². The zero-order valence-electron chi connectivity index (χ0n) is 9.75. The van der Waals surface area contributed by atoms with Crippen molar-refractivity contribution in [3.8, 4) is 0 Å². The first-order chi connectivity index (χ1) is 7.57. The molecule has 0 aromatic heterocycles. The summed E-state index contributed by atoms with van der Waals surface area (Å²) in [5.41, 5.74) is 4.69. The van der Waals surface area contributed by atoms with Gasteiger partial charge in [0.1, 0.15) is 0 Å². The molecule has 0 aliphatic rings. The first-order valence-corrected chi connectivity index (χ1v) is 5.71.